The average Bonchev–Trinajstić information content (AvgIpc) is 2.99. The van der Waals surface area contributed by atoms with Gasteiger partial charge in [0.15, 0.2) is 0 Å². The number of nitrogens with zero attached hydrogens (tertiary/aromatic N) is 5. The second-order valence-electron chi connectivity index (χ2n) is 6.65. The molecule has 9 heteroatoms. The molecule has 2 N–H and O–H groups in total. The number of anilines is 1. The zero-order valence-corrected chi connectivity index (χ0v) is 17.0. The summed E-state index contributed by atoms with van der Waals surface area (Å²) in [5.41, 5.74) is 20.0. The summed E-state index contributed by atoms with van der Waals surface area (Å²) in [4.78, 5) is 20.1. The van der Waals surface area contributed by atoms with Crippen LogP contribution in [0.1, 0.15) is 32.6 Å². The molecule has 2 aromatic heterocycles. The maximum Gasteiger partial charge on any atom is 0.342 e. The number of aryl methyl sites for hydroxylation is 2. The number of methoxy groups -OCH3 is 2. The van der Waals surface area contributed by atoms with E-state index in [1.165, 1.54) is 7.11 Å². The number of benzene rings is 1. The fourth-order valence-electron chi connectivity index (χ4n) is 3.64. The van der Waals surface area contributed by atoms with E-state index < -0.39 is 5.97 Å². The van der Waals surface area contributed by atoms with Gasteiger partial charge in [-0.2, -0.15) is 0 Å². The lowest BCUT2D eigenvalue weighted by atomic mass is 10.0. The van der Waals surface area contributed by atoms with Gasteiger partial charge in [0, 0.05) is 22.1 Å². The number of azide groups is 1. The zero-order chi connectivity index (χ0) is 21.3. The van der Waals surface area contributed by atoms with Crippen LogP contribution in [-0.4, -0.2) is 29.7 Å². The van der Waals surface area contributed by atoms with Gasteiger partial charge in [0.05, 0.1) is 26.5 Å². The molecule has 0 unspecified atom stereocenters. The Morgan fingerprint density at radius 1 is 1.28 bits per heavy atom. The van der Waals surface area contributed by atoms with Gasteiger partial charge in [-0.15, -0.1) is 0 Å². The van der Waals surface area contributed by atoms with E-state index >= 15 is 0 Å². The molecular formula is C20H22N6O3. The standard InChI is InChI=1S/C20H22N6O3/c1-10-6-7-14(28-4)12(3)17(10)26-18(21)16(20(27)29-5)15-13(9-24-25-22)11(2)8-23-19(15)26/h6-8H,9,21H2,1-5H3. The largest absolute Gasteiger partial charge is 0.496 e. The molecule has 1 aromatic carbocycles. The van der Waals surface area contributed by atoms with Crippen LogP contribution in [0.3, 0.4) is 0 Å². The van der Waals surface area contributed by atoms with E-state index in [1.54, 1.807) is 17.9 Å². The lowest BCUT2D eigenvalue weighted by molar-refractivity contribution is 0.0604. The number of nitrogens with two attached hydrogens (primary N) is 1. The quantitative estimate of drug-likeness (QED) is 0.301. The summed E-state index contributed by atoms with van der Waals surface area (Å²) in [5.74, 6) is 0.304. The van der Waals surface area contributed by atoms with Gasteiger partial charge >= 0.3 is 5.97 Å². The first-order valence-electron chi connectivity index (χ1n) is 8.89. The number of esters is 1. The number of carbonyl (C=O) groups excluding carboxylic acids is 1. The van der Waals surface area contributed by atoms with Gasteiger partial charge in [-0.3, -0.25) is 4.57 Å². The Morgan fingerprint density at radius 3 is 2.62 bits per heavy atom. The second-order valence-corrected chi connectivity index (χ2v) is 6.65. The van der Waals surface area contributed by atoms with Crippen LogP contribution in [0.5, 0.6) is 5.75 Å². The maximum atomic E-state index is 12.7. The molecule has 0 aliphatic rings. The summed E-state index contributed by atoms with van der Waals surface area (Å²) in [6.45, 7) is 5.76. The van der Waals surface area contributed by atoms with Crippen LogP contribution in [0.25, 0.3) is 27.2 Å². The highest BCUT2D eigenvalue weighted by molar-refractivity contribution is 6.10. The number of ether oxygens (including phenoxy) is 2. The van der Waals surface area contributed by atoms with Gasteiger partial charge in [-0.1, -0.05) is 11.2 Å². The molecule has 0 atom stereocenters. The monoisotopic (exact) mass is 394 g/mol. The molecule has 3 aromatic rings. The Labute approximate surface area is 167 Å². The van der Waals surface area contributed by atoms with Gasteiger partial charge < -0.3 is 15.2 Å². The van der Waals surface area contributed by atoms with E-state index in [2.05, 4.69) is 15.0 Å². The smallest absolute Gasteiger partial charge is 0.342 e. The number of rotatable bonds is 5. The molecule has 150 valence electrons. The Balaban J connectivity index is 2.53. The molecule has 9 nitrogen and oxygen atoms in total. The van der Waals surface area contributed by atoms with Gasteiger partial charge in [0.25, 0.3) is 0 Å². The number of hydrogen-bond donors (Lipinski definition) is 1. The first kappa shape index (κ1) is 20.0. The fraction of sp³-hybridized carbons (Fsp3) is 0.300. The lowest BCUT2D eigenvalue weighted by Gasteiger charge is -2.17. The summed E-state index contributed by atoms with van der Waals surface area (Å²) in [6.07, 6.45) is 1.67. The van der Waals surface area contributed by atoms with Crippen LogP contribution >= 0.6 is 0 Å². The normalized spacial score (nSPS) is 10.7. The predicted octanol–water partition coefficient (Wildman–Crippen LogP) is 4.14. The first-order valence-corrected chi connectivity index (χ1v) is 8.89. The summed E-state index contributed by atoms with van der Waals surface area (Å²) < 4.78 is 12.2. The van der Waals surface area contributed by atoms with Crippen LogP contribution in [0.4, 0.5) is 5.82 Å². The molecule has 0 fully saturated rings. The van der Waals surface area contributed by atoms with E-state index in [0.29, 0.717) is 22.3 Å². The Hall–Kier alpha value is -3.71. The molecule has 0 bridgehead atoms. The van der Waals surface area contributed by atoms with Gasteiger partial charge in [0.2, 0.25) is 0 Å². The highest BCUT2D eigenvalue weighted by Crippen LogP contribution is 2.38. The topological polar surface area (TPSA) is 128 Å². The Kier molecular flexibility index (Phi) is 5.34. The van der Waals surface area contributed by atoms with E-state index in [-0.39, 0.29) is 17.9 Å². The third-order valence-corrected chi connectivity index (χ3v) is 5.05. The highest BCUT2D eigenvalue weighted by Gasteiger charge is 2.27. The molecule has 0 aliphatic heterocycles. The number of carbonyl (C=O) groups is 1. The maximum absolute atomic E-state index is 12.7. The van der Waals surface area contributed by atoms with Crippen LogP contribution in [0.2, 0.25) is 0 Å². The summed E-state index contributed by atoms with van der Waals surface area (Å²) in [7, 11) is 2.89. The van der Waals surface area contributed by atoms with Crippen molar-refractivity contribution in [1.29, 1.82) is 0 Å². The average molecular weight is 394 g/mol. The van der Waals surface area contributed by atoms with Crippen LogP contribution in [-0.2, 0) is 11.3 Å². The molecule has 2 heterocycles. The number of nitrogen functional groups attached to an aromatic ring is 1. The van der Waals surface area contributed by atoms with Crippen LogP contribution in [0.15, 0.2) is 23.4 Å². The molecular weight excluding hydrogens is 372 g/mol. The van der Waals surface area contributed by atoms with Crippen molar-refractivity contribution in [3.63, 3.8) is 0 Å². The van der Waals surface area contributed by atoms with E-state index in [1.807, 2.05) is 32.9 Å². The van der Waals surface area contributed by atoms with Crippen molar-refractivity contribution in [1.82, 2.24) is 9.55 Å². The summed E-state index contributed by atoms with van der Waals surface area (Å²) >= 11 is 0. The Bertz CT molecular complexity index is 1180. The van der Waals surface area contributed by atoms with Crippen molar-refractivity contribution in [3.05, 3.63) is 56.6 Å². The zero-order valence-electron chi connectivity index (χ0n) is 17.0. The van der Waals surface area contributed by atoms with Crippen LogP contribution in [0, 0.1) is 20.8 Å². The van der Waals surface area contributed by atoms with Crippen molar-refractivity contribution in [2.75, 3.05) is 20.0 Å². The molecule has 0 saturated heterocycles. The molecule has 0 aliphatic carbocycles. The third-order valence-electron chi connectivity index (χ3n) is 5.05. The van der Waals surface area contributed by atoms with Gasteiger partial charge in [0.1, 0.15) is 22.8 Å². The number of fused-ring (bicyclic) bond motifs is 1. The van der Waals surface area contributed by atoms with Gasteiger partial charge in [-0.25, -0.2) is 9.78 Å². The number of hydrogen-bond acceptors (Lipinski definition) is 6. The minimum Gasteiger partial charge on any atom is -0.496 e. The van der Waals surface area contributed by atoms with Gasteiger partial charge in [-0.05, 0) is 49.1 Å². The van der Waals surface area contributed by atoms with Crippen molar-refractivity contribution in [2.24, 2.45) is 5.11 Å². The van der Waals surface area contributed by atoms with Crippen molar-refractivity contribution in [2.45, 2.75) is 27.3 Å². The summed E-state index contributed by atoms with van der Waals surface area (Å²) in [5, 5.41) is 4.20. The lowest BCUT2D eigenvalue weighted by Crippen LogP contribution is -2.09. The minimum atomic E-state index is -0.584. The Morgan fingerprint density at radius 2 is 2.00 bits per heavy atom. The number of aromatic nitrogens is 2. The second kappa shape index (κ2) is 7.73. The minimum absolute atomic E-state index is 0.0604. The molecule has 3 rings (SSSR count). The number of pyridine rings is 1. The summed E-state index contributed by atoms with van der Waals surface area (Å²) in [6, 6.07) is 3.79. The molecule has 29 heavy (non-hydrogen) atoms. The van der Waals surface area contributed by atoms with Crippen LogP contribution < -0.4 is 10.5 Å². The van der Waals surface area contributed by atoms with E-state index in [4.69, 9.17) is 20.7 Å². The SMILES string of the molecule is COC(=O)c1c(N)n(-c2c(C)ccc(OC)c2C)c2ncc(C)c(CN=[N+]=[N-])c12. The van der Waals surface area contributed by atoms with E-state index in [9.17, 15) is 4.79 Å². The molecule has 0 spiro atoms. The third kappa shape index (κ3) is 3.11. The molecule has 0 amide bonds. The highest BCUT2D eigenvalue weighted by atomic mass is 16.5. The van der Waals surface area contributed by atoms with Crippen molar-refractivity contribution >= 4 is 22.8 Å². The predicted molar refractivity (Wildman–Crippen MR) is 110 cm³/mol. The first-order chi connectivity index (χ1) is 13.9. The van der Waals surface area contributed by atoms with Crippen molar-refractivity contribution in [3.8, 4) is 11.4 Å². The molecule has 0 saturated carbocycles. The van der Waals surface area contributed by atoms with Crippen molar-refractivity contribution < 1.29 is 14.3 Å². The molecule has 0 radical (unpaired) electrons. The van der Waals surface area contributed by atoms with E-state index in [0.717, 1.165) is 22.4 Å². The fourth-order valence-corrected chi connectivity index (χ4v) is 3.64.